The number of nitrogens with zero attached hydrogens (tertiary/aromatic N) is 2. The molecule has 2 heterocycles. The van der Waals surface area contributed by atoms with Gasteiger partial charge in [0.1, 0.15) is 0 Å². The molecule has 0 aromatic rings. The number of hydrogen-bond acceptors (Lipinski definition) is 2. The maximum absolute atomic E-state index is 2.63. The Morgan fingerprint density at radius 3 is 2.50 bits per heavy atom. The Morgan fingerprint density at radius 1 is 0.792 bits per heavy atom. The molecule has 4 saturated carbocycles. The number of allylic oxidation sites excluding steroid dienone is 2. The van der Waals surface area contributed by atoms with E-state index in [1.54, 1.807) is 5.57 Å². The second kappa shape index (κ2) is 5.16. The first-order valence-electron chi connectivity index (χ1n) is 10.5. The molecular formula is C22H30N2. The van der Waals surface area contributed by atoms with Crippen molar-refractivity contribution in [1.82, 2.24) is 10.0 Å². The van der Waals surface area contributed by atoms with E-state index >= 15 is 0 Å². The van der Waals surface area contributed by atoms with Crippen LogP contribution in [0.4, 0.5) is 0 Å². The third kappa shape index (κ3) is 1.78. The summed E-state index contributed by atoms with van der Waals surface area (Å²) in [6, 6.07) is 0.749. The molecule has 7 atom stereocenters. The summed E-state index contributed by atoms with van der Waals surface area (Å²) in [6.07, 6.45) is 25.0. The summed E-state index contributed by atoms with van der Waals surface area (Å²) in [7, 11) is 0. The summed E-state index contributed by atoms with van der Waals surface area (Å²) in [5.41, 5.74) is 1.79. The molecule has 2 heteroatoms. The van der Waals surface area contributed by atoms with Gasteiger partial charge in [0, 0.05) is 24.5 Å². The molecule has 0 N–H and O–H groups in total. The van der Waals surface area contributed by atoms with Gasteiger partial charge in [-0.15, -0.1) is 0 Å². The zero-order valence-electron chi connectivity index (χ0n) is 14.7. The van der Waals surface area contributed by atoms with Crippen LogP contribution in [-0.2, 0) is 0 Å². The fourth-order valence-electron chi connectivity index (χ4n) is 7.92. The Balaban J connectivity index is 1.49. The van der Waals surface area contributed by atoms with Gasteiger partial charge in [-0.05, 0) is 79.4 Å². The van der Waals surface area contributed by atoms with E-state index in [2.05, 4.69) is 40.8 Å². The lowest BCUT2D eigenvalue weighted by Gasteiger charge is -2.64. The molecule has 0 spiro atoms. The number of fused-ring (bicyclic) bond motifs is 4. The molecule has 6 aliphatic rings. The quantitative estimate of drug-likeness (QED) is 0.614. The molecule has 7 unspecified atom stereocenters. The van der Waals surface area contributed by atoms with E-state index in [1.807, 2.05) is 0 Å². The normalized spacial score (nSPS) is 48.3. The lowest BCUT2D eigenvalue weighted by atomic mass is 9.46. The highest BCUT2D eigenvalue weighted by molar-refractivity contribution is 5.26. The van der Waals surface area contributed by atoms with Crippen LogP contribution in [0.15, 0.2) is 36.3 Å². The second-order valence-corrected chi connectivity index (χ2v) is 9.25. The van der Waals surface area contributed by atoms with Crippen molar-refractivity contribution in [1.29, 1.82) is 0 Å². The maximum atomic E-state index is 2.63. The molecule has 0 bridgehead atoms. The Bertz CT molecular complexity index is 615. The predicted molar refractivity (Wildman–Crippen MR) is 96.3 cm³/mol. The molecule has 6 rings (SSSR count). The number of hydrogen-bond donors (Lipinski definition) is 0. The van der Waals surface area contributed by atoms with Gasteiger partial charge >= 0.3 is 0 Å². The Labute approximate surface area is 146 Å². The molecule has 0 aromatic carbocycles. The summed E-state index contributed by atoms with van der Waals surface area (Å²) in [5, 5.41) is 5.05. The van der Waals surface area contributed by atoms with E-state index in [1.165, 1.54) is 57.8 Å². The molecule has 0 aromatic heterocycles. The fourth-order valence-corrected chi connectivity index (χ4v) is 7.92. The zero-order chi connectivity index (χ0) is 15.7. The SMILES string of the molecule is C1=CN2C=C3CCCC4C5CCCC6CCCC(C65)C(C34)N2C=C1. The van der Waals surface area contributed by atoms with Gasteiger partial charge < -0.3 is 0 Å². The fraction of sp³-hybridized carbons (Fsp3) is 0.727. The predicted octanol–water partition coefficient (Wildman–Crippen LogP) is 5.08. The van der Waals surface area contributed by atoms with Gasteiger partial charge in [0.2, 0.25) is 0 Å². The minimum absolute atomic E-state index is 0.749. The van der Waals surface area contributed by atoms with Crippen molar-refractivity contribution < 1.29 is 0 Å². The highest BCUT2D eigenvalue weighted by atomic mass is 15.6. The van der Waals surface area contributed by atoms with Gasteiger partial charge in [0.15, 0.2) is 0 Å². The molecule has 0 amide bonds. The average Bonchev–Trinajstić information content (AvgIpc) is 2.64. The maximum Gasteiger partial charge on any atom is 0.0602 e. The Kier molecular flexibility index (Phi) is 3.02. The van der Waals surface area contributed by atoms with E-state index in [0.29, 0.717) is 0 Å². The summed E-state index contributed by atoms with van der Waals surface area (Å²) < 4.78 is 0. The molecule has 2 nitrogen and oxygen atoms in total. The van der Waals surface area contributed by atoms with Crippen LogP contribution in [-0.4, -0.2) is 16.1 Å². The third-order valence-corrected chi connectivity index (χ3v) is 8.47. The van der Waals surface area contributed by atoms with Crippen LogP contribution in [0.25, 0.3) is 0 Å². The van der Waals surface area contributed by atoms with Crippen LogP contribution in [0.2, 0.25) is 0 Å². The molecule has 2 aliphatic heterocycles. The van der Waals surface area contributed by atoms with Crippen LogP contribution < -0.4 is 0 Å². The summed E-state index contributed by atoms with van der Waals surface area (Å²) >= 11 is 0. The van der Waals surface area contributed by atoms with Crippen molar-refractivity contribution in [3.63, 3.8) is 0 Å². The van der Waals surface area contributed by atoms with Crippen molar-refractivity contribution in [3.05, 3.63) is 36.3 Å². The van der Waals surface area contributed by atoms with Crippen LogP contribution in [0.3, 0.4) is 0 Å². The lowest BCUT2D eigenvalue weighted by Crippen LogP contribution is -2.63. The average molecular weight is 322 g/mol. The smallest absolute Gasteiger partial charge is 0.0602 e. The van der Waals surface area contributed by atoms with Gasteiger partial charge in [-0.25, -0.2) is 0 Å². The summed E-state index contributed by atoms with van der Waals surface area (Å²) in [4.78, 5) is 0. The van der Waals surface area contributed by atoms with E-state index in [0.717, 1.165) is 41.5 Å². The lowest BCUT2D eigenvalue weighted by molar-refractivity contribution is -0.136. The minimum atomic E-state index is 0.749. The molecular weight excluding hydrogens is 292 g/mol. The van der Waals surface area contributed by atoms with Crippen molar-refractivity contribution in [2.75, 3.05) is 0 Å². The Hall–Kier alpha value is -1.18. The second-order valence-electron chi connectivity index (χ2n) is 9.25. The van der Waals surface area contributed by atoms with Crippen LogP contribution in [0, 0.1) is 35.5 Å². The minimum Gasteiger partial charge on any atom is -0.285 e. The van der Waals surface area contributed by atoms with Crippen LogP contribution in [0.5, 0.6) is 0 Å². The summed E-state index contributed by atoms with van der Waals surface area (Å²) in [6.45, 7) is 0. The van der Waals surface area contributed by atoms with Crippen molar-refractivity contribution in [2.45, 2.75) is 63.8 Å². The first-order chi connectivity index (χ1) is 11.9. The molecule has 128 valence electrons. The van der Waals surface area contributed by atoms with Gasteiger partial charge in [0.25, 0.3) is 0 Å². The van der Waals surface area contributed by atoms with Crippen molar-refractivity contribution >= 4 is 0 Å². The first kappa shape index (κ1) is 14.0. The van der Waals surface area contributed by atoms with Crippen LogP contribution >= 0.6 is 0 Å². The summed E-state index contributed by atoms with van der Waals surface area (Å²) in [5.74, 6) is 5.92. The van der Waals surface area contributed by atoms with Gasteiger partial charge in [-0.2, -0.15) is 0 Å². The highest BCUT2D eigenvalue weighted by Crippen LogP contribution is 2.62. The van der Waals surface area contributed by atoms with Crippen molar-refractivity contribution in [3.8, 4) is 0 Å². The first-order valence-corrected chi connectivity index (χ1v) is 10.5. The van der Waals surface area contributed by atoms with E-state index in [4.69, 9.17) is 0 Å². The van der Waals surface area contributed by atoms with Gasteiger partial charge in [-0.1, -0.05) is 25.7 Å². The van der Waals surface area contributed by atoms with Crippen LogP contribution in [0.1, 0.15) is 57.8 Å². The topological polar surface area (TPSA) is 6.48 Å². The number of rotatable bonds is 0. The van der Waals surface area contributed by atoms with Crippen molar-refractivity contribution in [2.24, 2.45) is 35.5 Å². The van der Waals surface area contributed by atoms with Gasteiger partial charge in [0.05, 0.1) is 6.04 Å². The molecule has 4 fully saturated rings. The molecule has 4 aliphatic carbocycles. The molecule has 0 saturated heterocycles. The largest absolute Gasteiger partial charge is 0.285 e. The zero-order valence-corrected chi connectivity index (χ0v) is 14.7. The van der Waals surface area contributed by atoms with E-state index in [-0.39, 0.29) is 0 Å². The third-order valence-electron chi connectivity index (χ3n) is 8.47. The number of hydrazine groups is 1. The molecule has 24 heavy (non-hydrogen) atoms. The van der Waals surface area contributed by atoms with E-state index < -0.39 is 0 Å². The Morgan fingerprint density at radius 2 is 1.58 bits per heavy atom. The highest BCUT2D eigenvalue weighted by Gasteiger charge is 2.58. The standard InChI is InChI=1S/C22H30N2/c1-2-13-24-22-19-11-4-7-15-6-3-9-17(20(15)19)18-10-5-8-16(21(18)22)14-23(24)12-1/h1-2,12-15,17-22H,3-11H2. The monoisotopic (exact) mass is 322 g/mol. The van der Waals surface area contributed by atoms with E-state index in [9.17, 15) is 0 Å². The molecule has 0 radical (unpaired) electrons. The van der Waals surface area contributed by atoms with Gasteiger partial charge in [-0.3, -0.25) is 10.0 Å².